The smallest absolute Gasteiger partial charge is 0.262 e. The minimum absolute atomic E-state index is 0.0628. The Morgan fingerprint density at radius 1 is 1.03 bits per heavy atom. The second kappa shape index (κ2) is 12.7. The molecule has 0 unspecified atom stereocenters. The topological polar surface area (TPSA) is 87.7 Å². The molecule has 7 nitrogen and oxygen atoms in total. The number of halogens is 1. The third-order valence-electron chi connectivity index (χ3n) is 5.86. The first kappa shape index (κ1) is 25.2. The van der Waals surface area contributed by atoms with Crippen LogP contribution in [-0.4, -0.2) is 48.9 Å². The number of anilines is 1. The normalized spacial score (nSPS) is 13.9. The van der Waals surface area contributed by atoms with Crippen molar-refractivity contribution in [1.29, 1.82) is 0 Å². The molecule has 0 radical (unpaired) electrons. The molecule has 0 spiro atoms. The van der Waals surface area contributed by atoms with E-state index in [-0.39, 0.29) is 35.8 Å². The molecule has 182 valence electrons. The van der Waals surface area contributed by atoms with Gasteiger partial charge in [-0.3, -0.25) is 14.4 Å². The molecule has 1 aliphatic rings. The van der Waals surface area contributed by atoms with Crippen molar-refractivity contribution in [2.75, 3.05) is 31.6 Å². The summed E-state index contributed by atoms with van der Waals surface area (Å²) in [7, 11) is 0. The Labute approximate surface area is 199 Å². The summed E-state index contributed by atoms with van der Waals surface area (Å²) >= 11 is 0. The lowest BCUT2D eigenvalue weighted by Gasteiger charge is -2.31. The van der Waals surface area contributed by atoms with Gasteiger partial charge in [-0.25, -0.2) is 4.39 Å². The number of likely N-dealkylation sites (tertiary alicyclic amines) is 1. The number of ether oxygens (including phenoxy) is 1. The molecule has 0 bridgehead atoms. The van der Waals surface area contributed by atoms with Gasteiger partial charge in [-0.05, 0) is 43.5 Å². The third-order valence-corrected chi connectivity index (χ3v) is 5.86. The Bertz CT molecular complexity index is 990. The largest absolute Gasteiger partial charge is 0.483 e. The molecule has 3 rings (SSSR count). The number of nitrogens with one attached hydrogen (secondary N) is 2. The number of hydrogen-bond acceptors (Lipinski definition) is 4. The van der Waals surface area contributed by atoms with E-state index in [9.17, 15) is 18.8 Å². The second-order valence-electron chi connectivity index (χ2n) is 8.38. The zero-order valence-corrected chi connectivity index (χ0v) is 19.5. The van der Waals surface area contributed by atoms with E-state index in [0.29, 0.717) is 38.0 Å². The number of nitrogens with zero attached hydrogens (tertiary/aromatic N) is 1. The first-order valence-corrected chi connectivity index (χ1v) is 11.8. The summed E-state index contributed by atoms with van der Waals surface area (Å²) in [4.78, 5) is 39.4. The first-order chi connectivity index (χ1) is 16.5. The van der Waals surface area contributed by atoms with E-state index < -0.39 is 11.7 Å². The van der Waals surface area contributed by atoms with Gasteiger partial charge in [0.25, 0.3) is 11.8 Å². The molecule has 0 aromatic heterocycles. The molecular formula is C26H32FN3O4. The zero-order chi connectivity index (χ0) is 24.3. The van der Waals surface area contributed by atoms with Crippen LogP contribution in [0.25, 0.3) is 0 Å². The van der Waals surface area contributed by atoms with Crippen molar-refractivity contribution in [1.82, 2.24) is 10.2 Å². The Hall–Kier alpha value is -3.42. The van der Waals surface area contributed by atoms with Crippen LogP contribution in [0.2, 0.25) is 0 Å². The molecule has 0 saturated carbocycles. The van der Waals surface area contributed by atoms with Gasteiger partial charge in [0.15, 0.2) is 6.61 Å². The summed E-state index contributed by atoms with van der Waals surface area (Å²) in [5.41, 5.74) is 0.418. The van der Waals surface area contributed by atoms with Crippen LogP contribution in [0.5, 0.6) is 5.75 Å². The van der Waals surface area contributed by atoms with Crippen molar-refractivity contribution in [3.8, 4) is 5.75 Å². The number of carbonyl (C=O) groups excluding carboxylic acids is 3. The summed E-state index contributed by atoms with van der Waals surface area (Å²) in [6, 6.07) is 12.6. The van der Waals surface area contributed by atoms with Crippen LogP contribution >= 0.6 is 0 Å². The van der Waals surface area contributed by atoms with Crippen LogP contribution in [0.3, 0.4) is 0 Å². The van der Waals surface area contributed by atoms with Gasteiger partial charge in [-0.1, -0.05) is 44.0 Å². The maximum atomic E-state index is 13.7. The maximum Gasteiger partial charge on any atom is 0.262 e. The molecule has 0 atom stereocenters. The predicted molar refractivity (Wildman–Crippen MR) is 128 cm³/mol. The van der Waals surface area contributed by atoms with Crippen LogP contribution in [0.1, 0.15) is 49.4 Å². The third kappa shape index (κ3) is 7.04. The molecule has 2 aromatic rings. The average molecular weight is 470 g/mol. The van der Waals surface area contributed by atoms with E-state index in [1.54, 1.807) is 35.2 Å². The molecular weight excluding hydrogens is 437 g/mol. The fraction of sp³-hybridized carbons (Fsp3) is 0.423. The highest BCUT2D eigenvalue weighted by Gasteiger charge is 2.28. The number of hydrogen-bond donors (Lipinski definition) is 2. The highest BCUT2D eigenvalue weighted by atomic mass is 19.1. The molecule has 1 fully saturated rings. The van der Waals surface area contributed by atoms with Crippen LogP contribution in [0.15, 0.2) is 48.5 Å². The second-order valence-corrected chi connectivity index (χ2v) is 8.38. The Morgan fingerprint density at radius 3 is 2.47 bits per heavy atom. The van der Waals surface area contributed by atoms with Crippen molar-refractivity contribution in [2.24, 2.45) is 5.92 Å². The van der Waals surface area contributed by atoms with Crippen LogP contribution < -0.4 is 15.4 Å². The zero-order valence-electron chi connectivity index (χ0n) is 19.5. The van der Waals surface area contributed by atoms with E-state index in [1.165, 1.54) is 18.2 Å². The standard InChI is InChI=1S/C26H32FN3O4/c1-2-3-8-15-28-25(32)19-13-16-30(17-14-19)26(33)20-9-4-7-12-23(20)34-18-24(31)29-22-11-6-5-10-21(22)27/h4-7,9-12,19H,2-3,8,13-18H2,1H3,(H,28,32)(H,29,31). The minimum Gasteiger partial charge on any atom is -0.483 e. The summed E-state index contributed by atoms with van der Waals surface area (Å²) in [5, 5.41) is 5.45. The van der Waals surface area contributed by atoms with E-state index in [0.717, 1.165) is 19.3 Å². The Morgan fingerprint density at radius 2 is 1.74 bits per heavy atom. The number of unbranched alkanes of at least 4 members (excludes halogenated alkanes) is 2. The van der Waals surface area contributed by atoms with Crippen LogP contribution in [-0.2, 0) is 9.59 Å². The van der Waals surface area contributed by atoms with E-state index >= 15 is 0 Å². The molecule has 8 heteroatoms. The highest BCUT2D eigenvalue weighted by molar-refractivity contribution is 5.97. The fourth-order valence-corrected chi connectivity index (χ4v) is 3.91. The van der Waals surface area contributed by atoms with Crippen molar-refractivity contribution >= 4 is 23.4 Å². The molecule has 2 aromatic carbocycles. The summed E-state index contributed by atoms with van der Waals surface area (Å²) in [6.07, 6.45) is 4.41. The van der Waals surface area contributed by atoms with Crippen LogP contribution in [0.4, 0.5) is 10.1 Å². The molecule has 2 N–H and O–H groups in total. The average Bonchev–Trinajstić information content (AvgIpc) is 2.86. The van der Waals surface area contributed by atoms with Gasteiger partial charge in [0.2, 0.25) is 5.91 Å². The number of carbonyl (C=O) groups is 3. The number of piperidine rings is 1. The van der Waals surface area contributed by atoms with Gasteiger partial charge in [0, 0.05) is 25.6 Å². The van der Waals surface area contributed by atoms with Gasteiger partial charge < -0.3 is 20.3 Å². The lowest BCUT2D eigenvalue weighted by atomic mass is 9.95. The van der Waals surface area contributed by atoms with Gasteiger partial charge in [0.05, 0.1) is 11.3 Å². The van der Waals surface area contributed by atoms with Gasteiger partial charge in [-0.15, -0.1) is 0 Å². The predicted octanol–water partition coefficient (Wildman–Crippen LogP) is 4.00. The first-order valence-electron chi connectivity index (χ1n) is 11.8. The Balaban J connectivity index is 1.52. The van der Waals surface area contributed by atoms with Gasteiger partial charge >= 0.3 is 0 Å². The highest BCUT2D eigenvalue weighted by Crippen LogP contribution is 2.24. The molecule has 1 saturated heterocycles. The summed E-state index contributed by atoms with van der Waals surface area (Å²) in [6.45, 7) is 3.42. The summed E-state index contributed by atoms with van der Waals surface area (Å²) < 4.78 is 19.3. The monoisotopic (exact) mass is 469 g/mol. The summed E-state index contributed by atoms with van der Waals surface area (Å²) in [5.74, 6) is -1.01. The quantitative estimate of drug-likeness (QED) is 0.515. The lowest BCUT2D eigenvalue weighted by molar-refractivity contribution is -0.126. The number of para-hydroxylation sites is 2. The molecule has 34 heavy (non-hydrogen) atoms. The van der Waals surface area contributed by atoms with Crippen molar-refractivity contribution in [2.45, 2.75) is 39.0 Å². The molecule has 0 aliphatic carbocycles. The molecule has 3 amide bonds. The van der Waals surface area contributed by atoms with Crippen molar-refractivity contribution < 1.29 is 23.5 Å². The van der Waals surface area contributed by atoms with Crippen LogP contribution in [0, 0.1) is 11.7 Å². The molecule has 1 aliphatic heterocycles. The van der Waals surface area contributed by atoms with Gasteiger partial charge in [0.1, 0.15) is 11.6 Å². The minimum atomic E-state index is -0.538. The van der Waals surface area contributed by atoms with E-state index in [1.807, 2.05) is 0 Å². The SMILES string of the molecule is CCCCCNC(=O)C1CCN(C(=O)c2ccccc2OCC(=O)Nc2ccccc2F)CC1. The lowest BCUT2D eigenvalue weighted by Crippen LogP contribution is -2.43. The maximum absolute atomic E-state index is 13.7. The Kier molecular flexibility index (Phi) is 9.43. The van der Waals surface area contributed by atoms with E-state index in [4.69, 9.17) is 4.74 Å². The number of rotatable bonds is 10. The van der Waals surface area contributed by atoms with E-state index in [2.05, 4.69) is 17.6 Å². The fourth-order valence-electron chi connectivity index (χ4n) is 3.91. The number of amides is 3. The van der Waals surface area contributed by atoms with Crippen molar-refractivity contribution in [3.05, 3.63) is 59.9 Å². The molecule has 1 heterocycles. The van der Waals surface area contributed by atoms with Gasteiger partial charge in [-0.2, -0.15) is 0 Å². The van der Waals surface area contributed by atoms with Crippen molar-refractivity contribution in [3.63, 3.8) is 0 Å². The number of benzene rings is 2.